The van der Waals surface area contributed by atoms with Crippen molar-refractivity contribution >= 4 is 29.2 Å². The second-order valence-corrected chi connectivity index (χ2v) is 4.93. The molecule has 110 valence electrons. The van der Waals surface area contributed by atoms with Gasteiger partial charge in [0.25, 0.3) is 0 Å². The number of carbonyl (C=O) groups excluding carboxylic acids is 1. The molecule has 2 N–H and O–H groups in total. The minimum Gasteiger partial charge on any atom is -0.469 e. The smallest absolute Gasteiger partial charge is 0.306 e. The molecule has 0 aliphatic carbocycles. The van der Waals surface area contributed by atoms with Gasteiger partial charge >= 0.3 is 5.97 Å². The average molecular weight is 300 g/mol. The second-order valence-electron chi connectivity index (χ2n) is 4.55. The molecule has 0 saturated carbocycles. The molecule has 0 bridgehead atoms. The Morgan fingerprint density at radius 2 is 2.10 bits per heavy atom. The molecule has 0 spiro atoms. The van der Waals surface area contributed by atoms with Gasteiger partial charge in [-0.3, -0.25) is 9.69 Å². The van der Waals surface area contributed by atoms with Gasteiger partial charge in [-0.15, -0.1) is 0 Å². The van der Waals surface area contributed by atoms with Crippen LogP contribution in [0.15, 0.2) is 6.33 Å². The number of nitrogen functional groups attached to an aromatic ring is 1. The van der Waals surface area contributed by atoms with E-state index in [-0.39, 0.29) is 5.97 Å². The number of halogens is 1. The Kier molecular flexibility index (Phi) is 4.97. The predicted octanol–water partition coefficient (Wildman–Crippen LogP) is 0.397. The maximum Gasteiger partial charge on any atom is 0.306 e. The number of nitrogens with zero attached hydrogens (tertiary/aromatic N) is 4. The first-order chi connectivity index (χ1) is 9.61. The summed E-state index contributed by atoms with van der Waals surface area (Å²) in [5, 5.41) is 0.399. The van der Waals surface area contributed by atoms with E-state index >= 15 is 0 Å². The lowest BCUT2D eigenvalue weighted by Crippen LogP contribution is -2.47. The first kappa shape index (κ1) is 14.8. The van der Waals surface area contributed by atoms with E-state index in [1.165, 1.54) is 13.4 Å². The highest BCUT2D eigenvalue weighted by Crippen LogP contribution is 2.27. The van der Waals surface area contributed by atoms with Crippen LogP contribution in [0.5, 0.6) is 0 Å². The topological polar surface area (TPSA) is 84.6 Å². The van der Waals surface area contributed by atoms with E-state index in [4.69, 9.17) is 17.3 Å². The summed E-state index contributed by atoms with van der Waals surface area (Å²) in [5.41, 5.74) is 5.68. The van der Waals surface area contributed by atoms with Crippen LogP contribution in [0.4, 0.5) is 11.6 Å². The second kappa shape index (κ2) is 6.71. The number of hydrogen-bond donors (Lipinski definition) is 1. The summed E-state index contributed by atoms with van der Waals surface area (Å²) in [4.78, 5) is 23.4. The summed E-state index contributed by atoms with van der Waals surface area (Å²) in [6.07, 6.45) is 1.83. The highest BCUT2D eigenvalue weighted by Gasteiger charge is 2.21. The Morgan fingerprint density at radius 3 is 2.75 bits per heavy atom. The number of esters is 1. The van der Waals surface area contributed by atoms with Gasteiger partial charge in [0.15, 0.2) is 5.82 Å². The van der Waals surface area contributed by atoms with Crippen molar-refractivity contribution in [3.8, 4) is 0 Å². The number of methoxy groups -OCH3 is 1. The lowest BCUT2D eigenvalue weighted by Gasteiger charge is -2.35. The summed E-state index contributed by atoms with van der Waals surface area (Å²) in [6, 6.07) is 0. The largest absolute Gasteiger partial charge is 0.469 e. The van der Waals surface area contributed by atoms with Crippen LogP contribution in [-0.4, -0.2) is 60.7 Å². The lowest BCUT2D eigenvalue weighted by molar-refractivity contribution is -0.141. The van der Waals surface area contributed by atoms with Gasteiger partial charge in [0.05, 0.1) is 13.5 Å². The van der Waals surface area contributed by atoms with E-state index in [9.17, 15) is 4.79 Å². The first-order valence-electron chi connectivity index (χ1n) is 6.42. The summed E-state index contributed by atoms with van der Waals surface area (Å²) in [6.45, 7) is 3.98. The van der Waals surface area contributed by atoms with E-state index in [0.717, 1.165) is 26.2 Å². The molecule has 0 radical (unpaired) electrons. The molecule has 0 aromatic carbocycles. The van der Waals surface area contributed by atoms with Crippen molar-refractivity contribution in [3.05, 3.63) is 11.3 Å². The third-order valence-corrected chi connectivity index (χ3v) is 3.69. The Morgan fingerprint density at radius 1 is 1.40 bits per heavy atom. The Bertz CT molecular complexity index is 477. The van der Waals surface area contributed by atoms with Gasteiger partial charge in [-0.2, -0.15) is 0 Å². The third-order valence-electron chi connectivity index (χ3n) is 3.33. The molecule has 1 aliphatic heterocycles. The van der Waals surface area contributed by atoms with E-state index in [1.54, 1.807) is 0 Å². The molecule has 2 heterocycles. The molecule has 20 heavy (non-hydrogen) atoms. The molecule has 1 fully saturated rings. The molecule has 0 atom stereocenters. The highest BCUT2D eigenvalue weighted by atomic mass is 35.5. The van der Waals surface area contributed by atoms with Crippen molar-refractivity contribution in [3.63, 3.8) is 0 Å². The molecule has 1 aliphatic rings. The van der Waals surface area contributed by atoms with Crippen molar-refractivity contribution in [2.75, 3.05) is 50.5 Å². The number of hydrogen-bond acceptors (Lipinski definition) is 7. The highest BCUT2D eigenvalue weighted by molar-refractivity contribution is 6.35. The minimum absolute atomic E-state index is 0.181. The number of piperazine rings is 1. The van der Waals surface area contributed by atoms with Gasteiger partial charge in [-0.1, -0.05) is 11.6 Å². The fourth-order valence-electron chi connectivity index (χ4n) is 2.13. The summed E-state index contributed by atoms with van der Waals surface area (Å²) >= 11 is 6.12. The molecular weight excluding hydrogens is 282 g/mol. The molecule has 1 aromatic rings. The maximum absolute atomic E-state index is 11.1. The molecule has 0 amide bonds. The van der Waals surface area contributed by atoms with E-state index in [0.29, 0.717) is 29.6 Å². The quantitative estimate of drug-likeness (QED) is 0.805. The lowest BCUT2D eigenvalue weighted by atomic mass is 10.3. The molecular formula is C12H18ClN5O2. The van der Waals surface area contributed by atoms with Gasteiger partial charge in [0, 0.05) is 32.7 Å². The Hall–Kier alpha value is -1.60. The number of rotatable bonds is 4. The van der Waals surface area contributed by atoms with Crippen LogP contribution in [0.3, 0.4) is 0 Å². The van der Waals surface area contributed by atoms with Crippen LogP contribution < -0.4 is 10.6 Å². The molecule has 2 rings (SSSR count). The van der Waals surface area contributed by atoms with Gasteiger partial charge in [0.2, 0.25) is 0 Å². The van der Waals surface area contributed by atoms with Gasteiger partial charge in [-0.05, 0) is 0 Å². The summed E-state index contributed by atoms with van der Waals surface area (Å²) < 4.78 is 4.64. The fourth-order valence-corrected chi connectivity index (χ4v) is 2.35. The Labute approximate surface area is 122 Å². The van der Waals surface area contributed by atoms with Crippen LogP contribution in [-0.2, 0) is 9.53 Å². The normalized spacial score (nSPS) is 16.2. The Balaban J connectivity index is 1.88. The van der Waals surface area contributed by atoms with Gasteiger partial charge < -0.3 is 15.4 Å². The predicted molar refractivity (Wildman–Crippen MR) is 76.7 cm³/mol. The zero-order valence-electron chi connectivity index (χ0n) is 11.4. The zero-order valence-corrected chi connectivity index (χ0v) is 12.1. The van der Waals surface area contributed by atoms with Crippen molar-refractivity contribution < 1.29 is 9.53 Å². The number of carbonyl (C=O) groups is 1. The van der Waals surface area contributed by atoms with Gasteiger partial charge in [-0.25, -0.2) is 9.97 Å². The van der Waals surface area contributed by atoms with E-state index < -0.39 is 0 Å². The zero-order chi connectivity index (χ0) is 14.5. The molecule has 8 heteroatoms. The van der Waals surface area contributed by atoms with E-state index in [2.05, 4.69) is 24.5 Å². The molecule has 1 saturated heterocycles. The van der Waals surface area contributed by atoms with Gasteiger partial charge in [0.1, 0.15) is 17.2 Å². The number of anilines is 2. The maximum atomic E-state index is 11.1. The third kappa shape index (κ3) is 3.49. The average Bonchev–Trinajstić information content (AvgIpc) is 2.48. The van der Waals surface area contributed by atoms with Crippen LogP contribution in [0.25, 0.3) is 0 Å². The van der Waals surface area contributed by atoms with Crippen molar-refractivity contribution in [2.24, 2.45) is 0 Å². The monoisotopic (exact) mass is 299 g/mol. The number of aromatic nitrogens is 2. The van der Waals surface area contributed by atoms with Crippen molar-refractivity contribution in [1.29, 1.82) is 0 Å². The number of ether oxygens (including phenoxy) is 1. The summed E-state index contributed by atoms with van der Waals surface area (Å²) in [7, 11) is 1.40. The minimum atomic E-state index is -0.181. The van der Waals surface area contributed by atoms with Crippen LogP contribution in [0.1, 0.15) is 6.42 Å². The number of nitrogens with two attached hydrogens (primary N) is 1. The van der Waals surface area contributed by atoms with Crippen molar-refractivity contribution in [1.82, 2.24) is 14.9 Å². The SMILES string of the molecule is COC(=O)CCN1CCN(c2ncnc(N)c2Cl)CC1. The van der Waals surface area contributed by atoms with Crippen LogP contribution >= 0.6 is 11.6 Å². The molecule has 0 unspecified atom stereocenters. The molecule has 7 nitrogen and oxygen atoms in total. The molecule has 1 aromatic heterocycles. The van der Waals surface area contributed by atoms with Crippen LogP contribution in [0.2, 0.25) is 5.02 Å². The summed E-state index contributed by atoms with van der Waals surface area (Å²) in [5.74, 6) is 0.788. The van der Waals surface area contributed by atoms with Crippen LogP contribution in [0, 0.1) is 0 Å². The van der Waals surface area contributed by atoms with Crippen molar-refractivity contribution in [2.45, 2.75) is 6.42 Å². The first-order valence-corrected chi connectivity index (χ1v) is 6.79. The fraction of sp³-hybridized carbons (Fsp3) is 0.583. The van der Waals surface area contributed by atoms with E-state index in [1.807, 2.05) is 0 Å². The standard InChI is InChI=1S/C12H18ClN5O2/c1-20-9(19)2-3-17-4-6-18(7-5-17)12-10(13)11(14)15-8-16-12/h8H,2-7H2,1H3,(H2,14,15,16).